The second-order valence-corrected chi connectivity index (χ2v) is 3.31. The van der Waals surface area contributed by atoms with Gasteiger partial charge in [-0.1, -0.05) is 26.8 Å². The van der Waals surface area contributed by atoms with Crippen LogP contribution in [0.25, 0.3) is 0 Å². The van der Waals surface area contributed by atoms with Gasteiger partial charge in [0.1, 0.15) is 0 Å². The summed E-state index contributed by atoms with van der Waals surface area (Å²) in [6.45, 7) is 8.37. The zero-order valence-electron chi connectivity index (χ0n) is 7.60. The Morgan fingerprint density at radius 3 is 2.73 bits per heavy atom. The summed E-state index contributed by atoms with van der Waals surface area (Å²) < 4.78 is 5.76. The van der Waals surface area contributed by atoms with Crippen molar-refractivity contribution in [1.82, 2.24) is 0 Å². The molecule has 1 aliphatic heterocycles. The van der Waals surface area contributed by atoms with E-state index in [2.05, 4.69) is 20.4 Å². The zero-order valence-corrected chi connectivity index (χ0v) is 7.60. The first-order chi connectivity index (χ1) is 5.27. The maximum atomic E-state index is 5.76. The molecule has 0 aromatic heterocycles. The van der Waals surface area contributed by atoms with Gasteiger partial charge in [0, 0.05) is 0 Å². The van der Waals surface area contributed by atoms with E-state index in [0.717, 1.165) is 12.8 Å². The van der Waals surface area contributed by atoms with Gasteiger partial charge in [-0.15, -0.1) is 0 Å². The molecule has 1 heteroatoms. The van der Waals surface area contributed by atoms with Crippen molar-refractivity contribution in [3.63, 3.8) is 0 Å². The first-order valence-electron chi connectivity index (χ1n) is 4.61. The topological polar surface area (TPSA) is 9.23 Å². The molecule has 1 aliphatic rings. The average Bonchev–Trinajstić information content (AvgIpc) is 2.32. The third-order valence-electron chi connectivity index (χ3n) is 2.28. The minimum absolute atomic E-state index is 0.353. The highest BCUT2D eigenvalue weighted by Gasteiger charge is 2.26. The van der Waals surface area contributed by atoms with Crippen LogP contribution in [0.3, 0.4) is 0 Å². The lowest BCUT2D eigenvalue weighted by molar-refractivity contribution is 0.0455. The molecule has 1 rings (SSSR count). The second kappa shape index (κ2) is 3.91. The fourth-order valence-electron chi connectivity index (χ4n) is 1.68. The van der Waals surface area contributed by atoms with E-state index in [9.17, 15) is 0 Å². The lowest BCUT2D eigenvalue weighted by Crippen LogP contribution is -2.09. The van der Waals surface area contributed by atoms with E-state index >= 15 is 0 Å². The number of hydrogen-bond acceptors (Lipinski definition) is 1. The van der Waals surface area contributed by atoms with Crippen LogP contribution in [0.1, 0.15) is 39.5 Å². The Balaban J connectivity index is 2.36. The maximum Gasteiger partial charge on any atom is 0.0784 e. The molecule has 0 aromatic carbocycles. The monoisotopic (exact) mass is 154 g/mol. The SMILES string of the molecule is C=C1C[C@H](CCC)O[C@H]1CC. The Kier molecular flexibility index (Phi) is 3.13. The van der Waals surface area contributed by atoms with Crippen molar-refractivity contribution in [3.05, 3.63) is 12.2 Å². The lowest BCUT2D eigenvalue weighted by Gasteiger charge is -2.10. The molecular weight excluding hydrogens is 136 g/mol. The van der Waals surface area contributed by atoms with Crippen molar-refractivity contribution < 1.29 is 4.74 Å². The summed E-state index contributed by atoms with van der Waals surface area (Å²) in [4.78, 5) is 0. The molecule has 0 spiro atoms. The first kappa shape index (κ1) is 8.79. The highest BCUT2D eigenvalue weighted by atomic mass is 16.5. The molecule has 1 heterocycles. The van der Waals surface area contributed by atoms with Crippen LogP contribution in [-0.4, -0.2) is 12.2 Å². The molecular formula is C10H18O. The molecule has 0 N–H and O–H groups in total. The Hall–Kier alpha value is -0.300. The number of rotatable bonds is 3. The lowest BCUT2D eigenvalue weighted by atomic mass is 10.1. The van der Waals surface area contributed by atoms with Crippen LogP contribution >= 0.6 is 0 Å². The third kappa shape index (κ3) is 2.06. The molecule has 64 valence electrons. The highest BCUT2D eigenvalue weighted by molar-refractivity contribution is 5.08. The van der Waals surface area contributed by atoms with Crippen LogP contribution in [0.4, 0.5) is 0 Å². The molecule has 11 heavy (non-hydrogen) atoms. The molecule has 1 fully saturated rings. The van der Waals surface area contributed by atoms with E-state index in [-0.39, 0.29) is 0 Å². The summed E-state index contributed by atoms with van der Waals surface area (Å²) >= 11 is 0. The Labute approximate surface area is 69.4 Å². The predicted octanol–water partition coefficient (Wildman–Crippen LogP) is 2.91. The first-order valence-corrected chi connectivity index (χ1v) is 4.61. The van der Waals surface area contributed by atoms with Gasteiger partial charge >= 0.3 is 0 Å². The van der Waals surface area contributed by atoms with Gasteiger partial charge in [0.05, 0.1) is 12.2 Å². The van der Waals surface area contributed by atoms with Gasteiger partial charge in [-0.05, 0) is 24.8 Å². The smallest absolute Gasteiger partial charge is 0.0784 e. The van der Waals surface area contributed by atoms with Crippen molar-refractivity contribution >= 4 is 0 Å². The zero-order chi connectivity index (χ0) is 8.27. The van der Waals surface area contributed by atoms with Crippen LogP contribution in [0, 0.1) is 0 Å². The molecule has 1 nitrogen and oxygen atoms in total. The quantitative estimate of drug-likeness (QED) is 0.568. The Bertz CT molecular complexity index is 140. The molecule has 0 aliphatic carbocycles. The van der Waals surface area contributed by atoms with Gasteiger partial charge < -0.3 is 4.74 Å². The molecule has 0 radical (unpaired) electrons. The van der Waals surface area contributed by atoms with E-state index < -0.39 is 0 Å². The molecule has 0 aromatic rings. The van der Waals surface area contributed by atoms with Gasteiger partial charge in [-0.25, -0.2) is 0 Å². The second-order valence-electron chi connectivity index (χ2n) is 3.31. The third-order valence-corrected chi connectivity index (χ3v) is 2.28. The molecule has 0 amide bonds. The average molecular weight is 154 g/mol. The summed E-state index contributed by atoms with van der Waals surface area (Å²) in [6, 6.07) is 0. The van der Waals surface area contributed by atoms with Crippen LogP contribution < -0.4 is 0 Å². The summed E-state index contributed by atoms with van der Waals surface area (Å²) in [7, 11) is 0. The summed E-state index contributed by atoms with van der Waals surface area (Å²) in [5, 5.41) is 0. The molecule has 0 unspecified atom stereocenters. The van der Waals surface area contributed by atoms with Crippen molar-refractivity contribution in [2.75, 3.05) is 0 Å². The molecule has 0 saturated carbocycles. The summed E-state index contributed by atoms with van der Waals surface area (Å²) in [5.41, 5.74) is 1.30. The fraction of sp³-hybridized carbons (Fsp3) is 0.800. The van der Waals surface area contributed by atoms with E-state index in [1.54, 1.807) is 0 Å². The summed E-state index contributed by atoms with van der Waals surface area (Å²) in [6.07, 6.45) is 5.40. The predicted molar refractivity (Wildman–Crippen MR) is 47.6 cm³/mol. The van der Waals surface area contributed by atoms with Gasteiger partial charge in [-0.3, -0.25) is 0 Å². The number of hydrogen-bond donors (Lipinski definition) is 0. The van der Waals surface area contributed by atoms with Gasteiger partial charge in [0.25, 0.3) is 0 Å². The Morgan fingerprint density at radius 1 is 1.55 bits per heavy atom. The van der Waals surface area contributed by atoms with Crippen molar-refractivity contribution in [2.24, 2.45) is 0 Å². The Morgan fingerprint density at radius 2 is 2.27 bits per heavy atom. The van der Waals surface area contributed by atoms with E-state index in [4.69, 9.17) is 4.74 Å². The van der Waals surface area contributed by atoms with Crippen molar-refractivity contribution in [3.8, 4) is 0 Å². The maximum absolute atomic E-state index is 5.76. The van der Waals surface area contributed by atoms with Crippen LogP contribution in [-0.2, 0) is 4.74 Å². The van der Waals surface area contributed by atoms with Gasteiger partial charge in [0.2, 0.25) is 0 Å². The minimum atomic E-state index is 0.353. The highest BCUT2D eigenvalue weighted by Crippen LogP contribution is 2.28. The molecule has 2 atom stereocenters. The largest absolute Gasteiger partial charge is 0.370 e. The standard InChI is InChI=1S/C10H18O/c1-4-6-9-7-8(3)10(5-2)11-9/h9-10H,3-7H2,1-2H3/t9-,10-/m0/s1. The van der Waals surface area contributed by atoms with Crippen LogP contribution in [0.5, 0.6) is 0 Å². The van der Waals surface area contributed by atoms with Crippen molar-refractivity contribution in [1.29, 1.82) is 0 Å². The van der Waals surface area contributed by atoms with Crippen LogP contribution in [0.2, 0.25) is 0 Å². The summed E-state index contributed by atoms with van der Waals surface area (Å²) in [5.74, 6) is 0. The van der Waals surface area contributed by atoms with E-state index in [1.807, 2.05) is 0 Å². The number of ether oxygens (including phenoxy) is 1. The minimum Gasteiger partial charge on any atom is -0.370 e. The van der Waals surface area contributed by atoms with Crippen molar-refractivity contribution in [2.45, 2.75) is 51.7 Å². The van der Waals surface area contributed by atoms with Gasteiger partial charge in [-0.2, -0.15) is 0 Å². The van der Waals surface area contributed by atoms with Crippen LogP contribution in [0.15, 0.2) is 12.2 Å². The fourth-order valence-corrected chi connectivity index (χ4v) is 1.68. The van der Waals surface area contributed by atoms with Gasteiger partial charge in [0.15, 0.2) is 0 Å². The van der Waals surface area contributed by atoms with E-state index in [1.165, 1.54) is 18.4 Å². The molecule has 1 saturated heterocycles. The normalized spacial score (nSPS) is 31.3. The van der Waals surface area contributed by atoms with E-state index in [0.29, 0.717) is 12.2 Å². The molecule has 0 bridgehead atoms.